The summed E-state index contributed by atoms with van der Waals surface area (Å²) in [5, 5.41) is 8.57. The molecule has 1 aliphatic rings. The summed E-state index contributed by atoms with van der Waals surface area (Å²) in [6.45, 7) is 3.30. The fraction of sp³-hybridized carbons (Fsp3) is 0.333. The standard InChI is InChI=1S/C15H18N2O3/c1-15(14(16)20)8-9-17(10-15)12-5-2-11(3-6-12)4-7-13(18)19/h2-7H,8-10H2,1H3,(H2,16,20)(H,18,19)/b7-4+. The van der Waals surface area contributed by atoms with Crippen LogP contribution in [0.2, 0.25) is 0 Å². The summed E-state index contributed by atoms with van der Waals surface area (Å²) in [5.41, 5.74) is 6.81. The zero-order valence-corrected chi connectivity index (χ0v) is 11.4. The van der Waals surface area contributed by atoms with E-state index in [1.54, 1.807) is 6.08 Å². The molecule has 3 N–H and O–H groups in total. The Morgan fingerprint density at radius 3 is 2.50 bits per heavy atom. The number of amides is 1. The third kappa shape index (κ3) is 2.99. The highest BCUT2D eigenvalue weighted by atomic mass is 16.4. The Morgan fingerprint density at radius 1 is 1.35 bits per heavy atom. The highest BCUT2D eigenvalue weighted by Crippen LogP contribution is 2.32. The van der Waals surface area contributed by atoms with Gasteiger partial charge in [-0.15, -0.1) is 0 Å². The number of carboxylic acids is 1. The molecule has 1 aromatic carbocycles. The molecule has 0 spiro atoms. The van der Waals surface area contributed by atoms with Crippen LogP contribution in [-0.2, 0) is 9.59 Å². The molecule has 1 saturated heterocycles. The van der Waals surface area contributed by atoms with Crippen molar-refractivity contribution in [1.82, 2.24) is 0 Å². The van der Waals surface area contributed by atoms with E-state index in [1.807, 2.05) is 31.2 Å². The van der Waals surface area contributed by atoms with Crippen molar-refractivity contribution in [2.75, 3.05) is 18.0 Å². The van der Waals surface area contributed by atoms with Crippen LogP contribution >= 0.6 is 0 Å². The molecular weight excluding hydrogens is 256 g/mol. The average Bonchev–Trinajstić information content (AvgIpc) is 2.81. The summed E-state index contributed by atoms with van der Waals surface area (Å²) in [4.78, 5) is 24.0. The smallest absolute Gasteiger partial charge is 0.328 e. The minimum absolute atomic E-state index is 0.263. The van der Waals surface area contributed by atoms with E-state index in [9.17, 15) is 9.59 Å². The van der Waals surface area contributed by atoms with E-state index in [0.717, 1.165) is 30.3 Å². The number of rotatable bonds is 4. The summed E-state index contributed by atoms with van der Waals surface area (Å²) < 4.78 is 0. The summed E-state index contributed by atoms with van der Waals surface area (Å²) in [6.07, 6.45) is 3.40. The van der Waals surface area contributed by atoms with E-state index in [2.05, 4.69) is 4.90 Å². The Balaban J connectivity index is 2.08. The van der Waals surface area contributed by atoms with Crippen LogP contribution in [0, 0.1) is 5.41 Å². The second-order valence-corrected chi connectivity index (χ2v) is 5.36. The molecule has 1 atom stereocenters. The highest BCUT2D eigenvalue weighted by Gasteiger charge is 2.38. The lowest BCUT2D eigenvalue weighted by molar-refractivity contribution is -0.131. The molecule has 1 unspecified atom stereocenters. The predicted octanol–water partition coefficient (Wildman–Crippen LogP) is 1.49. The summed E-state index contributed by atoms with van der Waals surface area (Å²) in [7, 11) is 0. The first-order valence-electron chi connectivity index (χ1n) is 6.47. The van der Waals surface area contributed by atoms with Crippen molar-refractivity contribution in [1.29, 1.82) is 0 Å². The average molecular weight is 274 g/mol. The Bertz CT molecular complexity index is 551. The van der Waals surface area contributed by atoms with Gasteiger partial charge in [0.05, 0.1) is 5.41 Å². The Labute approximate surface area is 117 Å². The third-order valence-electron chi connectivity index (χ3n) is 3.74. The molecule has 5 heteroatoms. The lowest BCUT2D eigenvalue weighted by Crippen LogP contribution is -2.37. The van der Waals surface area contributed by atoms with E-state index < -0.39 is 11.4 Å². The van der Waals surface area contributed by atoms with Gasteiger partial charge in [0.15, 0.2) is 0 Å². The Hall–Kier alpha value is -2.30. The van der Waals surface area contributed by atoms with Gasteiger partial charge in [-0.25, -0.2) is 4.79 Å². The van der Waals surface area contributed by atoms with Crippen molar-refractivity contribution in [3.63, 3.8) is 0 Å². The van der Waals surface area contributed by atoms with Gasteiger partial charge in [-0.1, -0.05) is 12.1 Å². The van der Waals surface area contributed by atoms with Gasteiger partial charge in [0.25, 0.3) is 0 Å². The van der Waals surface area contributed by atoms with Gasteiger partial charge in [-0.2, -0.15) is 0 Å². The molecule has 0 aromatic heterocycles. The van der Waals surface area contributed by atoms with Crippen molar-refractivity contribution in [3.05, 3.63) is 35.9 Å². The first kappa shape index (κ1) is 14.1. The predicted molar refractivity (Wildman–Crippen MR) is 77.2 cm³/mol. The zero-order chi connectivity index (χ0) is 14.8. The van der Waals surface area contributed by atoms with Gasteiger partial charge >= 0.3 is 5.97 Å². The minimum atomic E-state index is -0.967. The molecule has 2 rings (SSSR count). The molecule has 20 heavy (non-hydrogen) atoms. The van der Waals surface area contributed by atoms with Crippen molar-refractivity contribution < 1.29 is 14.7 Å². The summed E-state index contributed by atoms with van der Waals surface area (Å²) in [5.74, 6) is -1.23. The first-order valence-corrected chi connectivity index (χ1v) is 6.47. The molecule has 5 nitrogen and oxygen atoms in total. The number of anilines is 1. The fourth-order valence-electron chi connectivity index (χ4n) is 2.35. The topological polar surface area (TPSA) is 83.6 Å². The number of hydrogen-bond donors (Lipinski definition) is 2. The molecule has 106 valence electrons. The maximum Gasteiger partial charge on any atom is 0.328 e. The van der Waals surface area contributed by atoms with Gasteiger partial charge in [0.2, 0.25) is 5.91 Å². The number of carbonyl (C=O) groups is 2. The molecular formula is C15H18N2O3. The van der Waals surface area contributed by atoms with Gasteiger partial charge in [0, 0.05) is 24.9 Å². The van der Waals surface area contributed by atoms with Crippen LogP contribution in [0.25, 0.3) is 6.08 Å². The quantitative estimate of drug-likeness (QED) is 0.815. The molecule has 1 fully saturated rings. The number of aliphatic carboxylic acids is 1. The largest absolute Gasteiger partial charge is 0.478 e. The third-order valence-corrected chi connectivity index (χ3v) is 3.74. The van der Waals surface area contributed by atoms with Crippen LogP contribution < -0.4 is 10.6 Å². The number of carboxylic acid groups (broad SMARTS) is 1. The van der Waals surface area contributed by atoms with Gasteiger partial charge in [-0.3, -0.25) is 4.79 Å². The van der Waals surface area contributed by atoms with Gasteiger partial charge in [0.1, 0.15) is 0 Å². The maximum absolute atomic E-state index is 11.4. The molecule has 1 aromatic rings. The van der Waals surface area contributed by atoms with Gasteiger partial charge < -0.3 is 15.7 Å². The summed E-state index contributed by atoms with van der Waals surface area (Å²) in [6, 6.07) is 7.56. The van der Waals surface area contributed by atoms with E-state index in [0.29, 0.717) is 6.54 Å². The lowest BCUT2D eigenvalue weighted by Gasteiger charge is -2.22. The lowest BCUT2D eigenvalue weighted by atomic mass is 9.89. The number of carbonyl (C=O) groups excluding carboxylic acids is 1. The fourth-order valence-corrected chi connectivity index (χ4v) is 2.35. The number of hydrogen-bond acceptors (Lipinski definition) is 3. The minimum Gasteiger partial charge on any atom is -0.478 e. The SMILES string of the molecule is CC1(C(N)=O)CCN(c2ccc(/C=C/C(=O)O)cc2)C1. The van der Waals surface area contributed by atoms with E-state index >= 15 is 0 Å². The summed E-state index contributed by atoms with van der Waals surface area (Å²) >= 11 is 0. The molecule has 0 radical (unpaired) electrons. The normalized spacial score (nSPS) is 22.4. The van der Waals surface area contributed by atoms with Crippen molar-refractivity contribution in [2.45, 2.75) is 13.3 Å². The van der Waals surface area contributed by atoms with Crippen LogP contribution in [0.5, 0.6) is 0 Å². The van der Waals surface area contributed by atoms with Crippen LogP contribution in [-0.4, -0.2) is 30.1 Å². The van der Waals surface area contributed by atoms with Crippen molar-refractivity contribution >= 4 is 23.6 Å². The number of nitrogens with two attached hydrogens (primary N) is 1. The van der Waals surface area contributed by atoms with Crippen molar-refractivity contribution in [2.24, 2.45) is 11.1 Å². The Morgan fingerprint density at radius 2 is 2.00 bits per heavy atom. The number of nitrogens with zero attached hydrogens (tertiary/aromatic N) is 1. The molecule has 0 saturated carbocycles. The van der Waals surface area contributed by atoms with Crippen LogP contribution in [0.1, 0.15) is 18.9 Å². The molecule has 0 bridgehead atoms. The van der Waals surface area contributed by atoms with Crippen LogP contribution in [0.15, 0.2) is 30.3 Å². The highest BCUT2D eigenvalue weighted by molar-refractivity contribution is 5.85. The number of benzene rings is 1. The maximum atomic E-state index is 11.4. The van der Waals surface area contributed by atoms with Crippen LogP contribution in [0.4, 0.5) is 5.69 Å². The van der Waals surface area contributed by atoms with E-state index in [1.165, 1.54) is 0 Å². The van der Waals surface area contributed by atoms with Gasteiger partial charge in [-0.05, 0) is 37.1 Å². The second kappa shape index (κ2) is 5.36. The molecule has 1 heterocycles. The second-order valence-electron chi connectivity index (χ2n) is 5.36. The molecule has 1 aliphatic heterocycles. The number of primary amides is 1. The molecule has 1 amide bonds. The van der Waals surface area contributed by atoms with E-state index in [4.69, 9.17) is 10.8 Å². The monoisotopic (exact) mass is 274 g/mol. The van der Waals surface area contributed by atoms with E-state index in [-0.39, 0.29) is 5.91 Å². The van der Waals surface area contributed by atoms with Crippen molar-refractivity contribution in [3.8, 4) is 0 Å². The zero-order valence-electron chi connectivity index (χ0n) is 11.4. The Kier molecular flexibility index (Phi) is 3.79. The first-order chi connectivity index (χ1) is 9.40. The van der Waals surface area contributed by atoms with Crippen LogP contribution in [0.3, 0.4) is 0 Å². The molecule has 0 aliphatic carbocycles.